The number of aldehydes is 1. The Morgan fingerprint density at radius 1 is 1.73 bits per heavy atom. The molecule has 1 aromatic heterocycles. The molecule has 4 heteroatoms. The van der Waals surface area contributed by atoms with Crippen LogP contribution in [-0.4, -0.2) is 21.1 Å². The van der Waals surface area contributed by atoms with Crippen LogP contribution in [0.25, 0.3) is 0 Å². The Kier molecular flexibility index (Phi) is 2.77. The van der Waals surface area contributed by atoms with Gasteiger partial charge in [0.2, 0.25) is 0 Å². The molecule has 0 unspecified atom stereocenters. The van der Waals surface area contributed by atoms with E-state index < -0.39 is 0 Å². The molecule has 0 aromatic carbocycles. The summed E-state index contributed by atoms with van der Waals surface area (Å²) in [6, 6.07) is 0.176. The summed E-state index contributed by atoms with van der Waals surface area (Å²) in [6.07, 6.45) is 5.45. The van der Waals surface area contributed by atoms with Gasteiger partial charge in [0.15, 0.2) is 0 Å². The highest BCUT2D eigenvalue weighted by molar-refractivity contribution is 5.49. The zero-order chi connectivity index (χ0) is 8.10. The smallest absolute Gasteiger partial charge is 0.137 e. The van der Waals surface area contributed by atoms with E-state index in [9.17, 15) is 4.79 Å². The summed E-state index contributed by atoms with van der Waals surface area (Å²) >= 11 is 0. The van der Waals surface area contributed by atoms with Crippen molar-refractivity contribution in [2.75, 3.05) is 0 Å². The van der Waals surface area contributed by atoms with E-state index in [0.29, 0.717) is 6.42 Å². The van der Waals surface area contributed by atoms with Crippen LogP contribution >= 0.6 is 0 Å². The number of rotatable bonds is 4. The highest BCUT2D eigenvalue weighted by atomic mass is 16.1. The van der Waals surface area contributed by atoms with Crippen LogP contribution in [0.3, 0.4) is 0 Å². The standard InChI is InChI=1S/C7H11N3O/c1-2-7(3-4-11)10-6-8-5-9-10/h4-7H,2-3H2,1H3/t7-/m1/s1. The number of carbonyl (C=O) groups excluding carboxylic acids is 1. The molecule has 0 fully saturated rings. The van der Waals surface area contributed by atoms with Gasteiger partial charge in [-0.15, -0.1) is 0 Å². The Morgan fingerprint density at radius 3 is 3.00 bits per heavy atom. The topological polar surface area (TPSA) is 47.8 Å². The largest absolute Gasteiger partial charge is 0.303 e. The SMILES string of the molecule is CC[C@H](CC=O)n1cncn1. The van der Waals surface area contributed by atoms with E-state index in [1.807, 2.05) is 6.92 Å². The van der Waals surface area contributed by atoms with E-state index in [-0.39, 0.29) is 6.04 Å². The molecule has 0 bridgehead atoms. The molecule has 0 amide bonds. The van der Waals surface area contributed by atoms with Crippen LogP contribution in [-0.2, 0) is 4.79 Å². The Hall–Kier alpha value is -1.19. The minimum absolute atomic E-state index is 0.176. The fourth-order valence-electron chi connectivity index (χ4n) is 0.979. The van der Waals surface area contributed by atoms with Crippen LogP contribution < -0.4 is 0 Å². The predicted molar refractivity (Wildman–Crippen MR) is 40.0 cm³/mol. The van der Waals surface area contributed by atoms with Crippen molar-refractivity contribution in [1.82, 2.24) is 14.8 Å². The Balaban J connectivity index is 2.62. The van der Waals surface area contributed by atoms with Gasteiger partial charge < -0.3 is 4.79 Å². The normalized spacial score (nSPS) is 12.8. The molecule has 1 rings (SSSR count). The highest BCUT2D eigenvalue weighted by Gasteiger charge is 2.06. The van der Waals surface area contributed by atoms with E-state index in [2.05, 4.69) is 10.1 Å². The molecule has 1 aromatic rings. The summed E-state index contributed by atoms with van der Waals surface area (Å²) in [5, 5.41) is 3.95. The lowest BCUT2D eigenvalue weighted by Crippen LogP contribution is -2.08. The van der Waals surface area contributed by atoms with Crippen molar-refractivity contribution in [1.29, 1.82) is 0 Å². The molecule has 0 aliphatic rings. The second-order valence-electron chi connectivity index (χ2n) is 2.34. The first-order valence-corrected chi connectivity index (χ1v) is 3.66. The lowest BCUT2D eigenvalue weighted by molar-refractivity contribution is -0.108. The quantitative estimate of drug-likeness (QED) is 0.601. The van der Waals surface area contributed by atoms with Gasteiger partial charge in [0.25, 0.3) is 0 Å². The molecule has 0 aliphatic carbocycles. The van der Waals surface area contributed by atoms with E-state index >= 15 is 0 Å². The predicted octanol–water partition coefficient (Wildman–Crippen LogP) is 0.818. The van der Waals surface area contributed by atoms with Crippen LogP contribution in [0, 0.1) is 0 Å². The molecule has 11 heavy (non-hydrogen) atoms. The third-order valence-electron chi connectivity index (χ3n) is 1.65. The van der Waals surface area contributed by atoms with Crippen LogP contribution in [0.4, 0.5) is 0 Å². The summed E-state index contributed by atoms with van der Waals surface area (Å²) < 4.78 is 1.72. The molecule has 0 spiro atoms. The minimum atomic E-state index is 0.176. The van der Waals surface area contributed by atoms with E-state index in [1.54, 1.807) is 11.0 Å². The van der Waals surface area contributed by atoms with Crippen LogP contribution in [0.2, 0.25) is 0 Å². The number of nitrogens with zero attached hydrogens (tertiary/aromatic N) is 3. The number of aromatic nitrogens is 3. The minimum Gasteiger partial charge on any atom is -0.303 e. The molecular formula is C7H11N3O. The molecule has 0 saturated heterocycles. The zero-order valence-corrected chi connectivity index (χ0v) is 6.47. The number of carbonyl (C=O) groups is 1. The monoisotopic (exact) mass is 153 g/mol. The summed E-state index contributed by atoms with van der Waals surface area (Å²) in [6.45, 7) is 2.02. The van der Waals surface area contributed by atoms with E-state index in [1.165, 1.54) is 6.33 Å². The average molecular weight is 153 g/mol. The first kappa shape index (κ1) is 7.91. The second-order valence-corrected chi connectivity index (χ2v) is 2.34. The fourth-order valence-corrected chi connectivity index (χ4v) is 0.979. The van der Waals surface area contributed by atoms with Gasteiger partial charge in [-0.25, -0.2) is 9.67 Å². The zero-order valence-electron chi connectivity index (χ0n) is 6.47. The third-order valence-corrected chi connectivity index (χ3v) is 1.65. The molecule has 1 atom stereocenters. The summed E-state index contributed by atoms with van der Waals surface area (Å²) in [4.78, 5) is 14.0. The summed E-state index contributed by atoms with van der Waals surface area (Å²) in [7, 11) is 0. The Bertz CT molecular complexity index is 207. The molecule has 4 nitrogen and oxygen atoms in total. The first-order chi connectivity index (χ1) is 5.38. The molecular weight excluding hydrogens is 142 g/mol. The van der Waals surface area contributed by atoms with Gasteiger partial charge in [-0.3, -0.25) is 0 Å². The van der Waals surface area contributed by atoms with Crippen molar-refractivity contribution in [2.45, 2.75) is 25.8 Å². The van der Waals surface area contributed by atoms with Crippen LogP contribution in [0.5, 0.6) is 0 Å². The Morgan fingerprint density at radius 2 is 2.55 bits per heavy atom. The molecule has 0 aliphatic heterocycles. The van der Waals surface area contributed by atoms with Crippen molar-refractivity contribution in [2.24, 2.45) is 0 Å². The van der Waals surface area contributed by atoms with Crippen molar-refractivity contribution < 1.29 is 4.79 Å². The molecule has 0 saturated carbocycles. The van der Waals surface area contributed by atoms with Gasteiger partial charge in [-0.2, -0.15) is 5.10 Å². The average Bonchev–Trinajstić information content (AvgIpc) is 2.52. The lowest BCUT2D eigenvalue weighted by Gasteiger charge is -2.09. The van der Waals surface area contributed by atoms with Crippen LogP contribution in [0.1, 0.15) is 25.8 Å². The first-order valence-electron chi connectivity index (χ1n) is 3.66. The van der Waals surface area contributed by atoms with Gasteiger partial charge in [-0.05, 0) is 6.42 Å². The fraction of sp³-hybridized carbons (Fsp3) is 0.571. The van der Waals surface area contributed by atoms with Gasteiger partial charge >= 0.3 is 0 Å². The van der Waals surface area contributed by atoms with Crippen molar-refractivity contribution in [3.63, 3.8) is 0 Å². The number of hydrogen-bond donors (Lipinski definition) is 0. The molecule has 1 heterocycles. The molecule has 0 radical (unpaired) electrons. The summed E-state index contributed by atoms with van der Waals surface area (Å²) in [5.41, 5.74) is 0. The van der Waals surface area contributed by atoms with Gasteiger partial charge in [0.1, 0.15) is 18.9 Å². The lowest BCUT2D eigenvalue weighted by atomic mass is 10.2. The van der Waals surface area contributed by atoms with E-state index in [4.69, 9.17) is 0 Å². The van der Waals surface area contributed by atoms with Crippen LogP contribution in [0.15, 0.2) is 12.7 Å². The maximum Gasteiger partial charge on any atom is 0.137 e. The van der Waals surface area contributed by atoms with E-state index in [0.717, 1.165) is 12.7 Å². The Labute approximate surface area is 65.2 Å². The van der Waals surface area contributed by atoms with Crippen molar-refractivity contribution in [3.05, 3.63) is 12.7 Å². The van der Waals surface area contributed by atoms with Crippen molar-refractivity contribution in [3.8, 4) is 0 Å². The third kappa shape index (κ3) is 1.86. The van der Waals surface area contributed by atoms with Gasteiger partial charge in [-0.1, -0.05) is 6.92 Å². The van der Waals surface area contributed by atoms with Crippen molar-refractivity contribution >= 4 is 6.29 Å². The molecule has 0 N–H and O–H groups in total. The maximum absolute atomic E-state index is 10.2. The second kappa shape index (κ2) is 3.85. The van der Waals surface area contributed by atoms with Gasteiger partial charge in [0, 0.05) is 6.42 Å². The molecule has 60 valence electrons. The summed E-state index contributed by atoms with van der Waals surface area (Å²) in [5.74, 6) is 0. The number of hydrogen-bond acceptors (Lipinski definition) is 3. The van der Waals surface area contributed by atoms with Gasteiger partial charge in [0.05, 0.1) is 6.04 Å². The maximum atomic E-state index is 10.2. The highest BCUT2D eigenvalue weighted by Crippen LogP contribution is 2.10.